The molecule has 0 saturated heterocycles. The fraction of sp³-hybridized carbons (Fsp3) is 0.238. The first-order valence-corrected chi connectivity index (χ1v) is 8.96. The number of allylic oxidation sites excluding steroid dienone is 1. The normalized spacial score (nSPS) is 15.4. The van der Waals surface area contributed by atoms with Crippen LogP contribution in [0.1, 0.15) is 42.3 Å². The first-order chi connectivity index (χ1) is 12.7. The summed E-state index contributed by atoms with van der Waals surface area (Å²) in [4.78, 5) is 14.3. The summed E-state index contributed by atoms with van der Waals surface area (Å²) in [5.74, 6) is -0.382. The van der Waals surface area contributed by atoms with Crippen molar-refractivity contribution in [1.82, 2.24) is 5.43 Å². The highest BCUT2D eigenvalue weighted by Crippen LogP contribution is 2.40. The van der Waals surface area contributed by atoms with E-state index >= 15 is 0 Å². The van der Waals surface area contributed by atoms with Gasteiger partial charge in [-0.25, -0.2) is 5.43 Å². The Labute approximate surface area is 164 Å². The van der Waals surface area contributed by atoms with E-state index in [2.05, 4.69) is 42.3 Å². The molecule has 2 aromatic rings. The SMILES string of the molecule is CC1=CC(C)(C)N(C)c2cc(Cl)c(/C=N/NC(=O)c3cccc(O)c3)cc21. The van der Waals surface area contributed by atoms with Crippen LogP contribution in [-0.2, 0) is 0 Å². The number of nitrogens with zero attached hydrogens (tertiary/aromatic N) is 2. The van der Waals surface area contributed by atoms with Gasteiger partial charge in [-0.05, 0) is 56.7 Å². The standard InChI is InChI=1S/C21H22ClN3O2/c1-13-11-21(2,3)25(4)19-10-18(22)15(9-17(13)19)12-23-24-20(27)14-6-5-7-16(26)8-14/h5-12,26H,1-4H3,(H,24,27)/b23-12+. The third-order valence-electron chi connectivity index (χ3n) is 4.81. The van der Waals surface area contributed by atoms with E-state index in [0.717, 1.165) is 11.3 Å². The van der Waals surface area contributed by atoms with Gasteiger partial charge in [0.05, 0.1) is 16.8 Å². The minimum atomic E-state index is -0.409. The second-order valence-electron chi connectivity index (χ2n) is 7.18. The molecule has 1 amide bonds. The predicted octanol–water partition coefficient (Wildman–Crippen LogP) is 4.44. The number of likely N-dealkylation sites (N-methyl/N-ethyl adjacent to an activating group) is 1. The molecule has 0 bridgehead atoms. The highest BCUT2D eigenvalue weighted by molar-refractivity contribution is 6.33. The number of fused-ring (bicyclic) bond motifs is 1. The molecule has 6 heteroatoms. The molecule has 1 heterocycles. The zero-order chi connectivity index (χ0) is 19.8. The van der Waals surface area contributed by atoms with Gasteiger partial charge in [-0.15, -0.1) is 0 Å². The van der Waals surface area contributed by atoms with Gasteiger partial charge in [0.2, 0.25) is 0 Å². The minimum absolute atomic E-state index is 0.0265. The number of rotatable bonds is 3. The molecular weight excluding hydrogens is 362 g/mol. The maximum absolute atomic E-state index is 12.1. The van der Waals surface area contributed by atoms with Crippen LogP contribution in [0.2, 0.25) is 5.02 Å². The van der Waals surface area contributed by atoms with E-state index in [9.17, 15) is 9.90 Å². The van der Waals surface area contributed by atoms with Gasteiger partial charge in [0.1, 0.15) is 5.75 Å². The average molecular weight is 384 g/mol. The average Bonchev–Trinajstić information content (AvgIpc) is 2.60. The number of hydrazone groups is 1. The van der Waals surface area contributed by atoms with E-state index < -0.39 is 5.91 Å². The van der Waals surface area contributed by atoms with Crippen LogP contribution in [0.3, 0.4) is 0 Å². The lowest BCUT2D eigenvalue weighted by Crippen LogP contribution is -2.42. The van der Waals surface area contributed by atoms with Crippen LogP contribution in [0.5, 0.6) is 5.75 Å². The Balaban J connectivity index is 1.83. The third-order valence-corrected chi connectivity index (χ3v) is 5.14. The molecule has 1 aliphatic heterocycles. The number of hydrogen-bond acceptors (Lipinski definition) is 4. The number of nitrogens with one attached hydrogen (secondary N) is 1. The van der Waals surface area contributed by atoms with Gasteiger partial charge in [-0.3, -0.25) is 4.79 Å². The molecule has 0 radical (unpaired) electrons. The Morgan fingerprint density at radius 2 is 2.04 bits per heavy atom. The number of aromatic hydroxyl groups is 1. The lowest BCUT2D eigenvalue weighted by Gasteiger charge is -2.40. The van der Waals surface area contributed by atoms with Crippen LogP contribution >= 0.6 is 11.6 Å². The molecule has 0 unspecified atom stereocenters. The van der Waals surface area contributed by atoms with Crippen molar-refractivity contribution in [2.75, 3.05) is 11.9 Å². The van der Waals surface area contributed by atoms with Crippen molar-refractivity contribution < 1.29 is 9.90 Å². The molecule has 2 N–H and O–H groups in total. The Kier molecular flexibility index (Phi) is 4.98. The molecule has 0 saturated carbocycles. The smallest absolute Gasteiger partial charge is 0.271 e. The van der Waals surface area contributed by atoms with Crippen LogP contribution in [0.25, 0.3) is 5.57 Å². The topological polar surface area (TPSA) is 64.9 Å². The van der Waals surface area contributed by atoms with Crippen molar-refractivity contribution in [3.8, 4) is 5.75 Å². The van der Waals surface area contributed by atoms with Crippen molar-refractivity contribution in [2.24, 2.45) is 5.10 Å². The number of halogens is 1. The van der Waals surface area contributed by atoms with Gasteiger partial charge in [0, 0.05) is 29.4 Å². The second kappa shape index (κ2) is 7.08. The Bertz CT molecular complexity index is 964. The maximum Gasteiger partial charge on any atom is 0.271 e. The Morgan fingerprint density at radius 1 is 1.30 bits per heavy atom. The number of phenols is 1. The first kappa shape index (κ1) is 19.0. The monoisotopic (exact) mass is 383 g/mol. The van der Waals surface area contributed by atoms with Crippen LogP contribution < -0.4 is 10.3 Å². The van der Waals surface area contributed by atoms with Gasteiger partial charge >= 0.3 is 0 Å². The van der Waals surface area contributed by atoms with Gasteiger partial charge in [0.25, 0.3) is 5.91 Å². The molecule has 0 aromatic heterocycles. The van der Waals surface area contributed by atoms with E-state index in [1.54, 1.807) is 12.1 Å². The lowest BCUT2D eigenvalue weighted by atomic mass is 9.88. The van der Waals surface area contributed by atoms with E-state index in [1.807, 2.05) is 19.2 Å². The van der Waals surface area contributed by atoms with E-state index in [0.29, 0.717) is 16.1 Å². The number of amides is 1. The molecule has 0 spiro atoms. The number of carbonyl (C=O) groups excluding carboxylic acids is 1. The summed E-state index contributed by atoms with van der Waals surface area (Å²) >= 11 is 6.44. The molecule has 2 aromatic carbocycles. The molecular formula is C21H22ClN3O2. The summed E-state index contributed by atoms with van der Waals surface area (Å²) in [5.41, 5.74) is 6.72. The number of hydrogen-bond donors (Lipinski definition) is 2. The van der Waals surface area contributed by atoms with Gasteiger partial charge < -0.3 is 10.0 Å². The summed E-state index contributed by atoms with van der Waals surface area (Å²) in [7, 11) is 2.04. The molecule has 3 rings (SSSR count). The maximum atomic E-state index is 12.1. The second-order valence-corrected chi connectivity index (χ2v) is 7.59. The highest BCUT2D eigenvalue weighted by Gasteiger charge is 2.29. The zero-order valence-corrected chi connectivity index (χ0v) is 16.5. The first-order valence-electron chi connectivity index (χ1n) is 8.59. The van der Waals surface area contributed by atoms with E-state index in [-0.39, 0.29) is 11.3 Å². The highest BCUT2D eigenvalue weighted by atomic mass is 35.5. The molecule has 0 fully saturated rings. The number of carbonyl (C=O) groups is 1. The van der Waals surface area contributed by atoms with E-state index in [4.69, 9.17) is 11.6 Å². The van der Waals surface area contributed by atoms with Crippen molar-refractivity contribution in [3.63, 3.8) is 0 Å². The summed E-state index contributed by atoms with van der Waals surface area (Å²) in [6, 6.07) is 9.97. The molecule has 27 heavy (non-hydrogen) atoms. The van der Waals surface area contributed by atoms with Crippen LogP contribution in [-0.4, -0.2) is 29.8 Å². The quantitative estimate of drug-likeness (QED) is 0.608. The fourth-order valence-electron chi connectivity index (χ4n) is 3.16. The number of benzene rings is 2. The molecule has 140 valence electrons. The molecule has 5 nitrogen and oxygen atoms in total. The van der Waals surface area contributed by atoms with Gasteiger partial charge in [-0.2, -0.15) is 5.10 Å². The molecule has 1 aliphatic rings. The predicted molar refractivity (Wildman–Crippen MR) is 111 cm³/mol. The minimum Gasteiger partial charge on any atom is -0.508 e. The van der Waals surface area contributed by atoms with Gasteiger partial charge in [-0.1, -0.05) is 23.7 Å². The van der Waals surface area contributed by atoms with Crippen molar-refractivity contribution in [1.29, 1.82) is 0 Å². The van der Waals surface area contributed by atoms with Crippen LogP contribution in [0.4, 0.5) is 5.69 Å². The molecule has 0 atom stereocenters. The Hall–Kier alpha value is -2.79. The van der Waals surface area contributed by atoms with E-state index in [1.165, 1.54) is 23.9 Å². The summed E-state index contributed by atoms with van der Waals surface area (Å²) in [5, 5.41) is 14.0. The summed E-state index contributed by atoms with van der Waals surface area (Å²) < 4.78 is 0. The third kappa shape index (κ3) is 3.83. The summed E-state index contributed by atoms with van der Waals surface area (Å²) in [6.07, 6.45) is 3.74. The summed E-state index contributed by atoms with van der Waals surface area (Å²) in [6.45, 7) is 6.38. The van der Waals surface area contributed by atoms with Crippen LogP contribution in [0.15, 0.2) is 47.6 Å². The fourth-order valence-corrected chi connectivity index (χ4v) is 3.37. The van der Waals surface area contributed by atoms with Crippen LogP contribution in [0, 0.1) is 0 Å². The Morgan fingerprint density at radius 3 is 2.74 bits per heavy atom. The lowest BCUT2D eigenvalue weighted by molar-refractivity contribution is 0.0954. The largest absolute Gasteiger partial charge is 0.508 e. The molecule has 0 aliphatic carbocycles. The van der Waals surface area contributed by atoms with Gasteiger partial charge in [0.15, 0.2) is 0 Å². The number of anilines is 1. The zero-order valence-electron chi connectivity index (χ0n) is 15.7. The van der Waals surface area contributed by atoms with Crippen molar-refractivity contribution in [2.45, 2.75) is 26.3 Å². The van der Waals surface area contributed by atoms with Crippen molar-refractivity contribution >= 4 is 35.0 Å². The van der Waals surface area contributed by atoms with Crippen molar-refractivity contribution in [3.05, 3.63) is 64.2 Å². The number of phenolic OH excluding ortho intramolecular Hbond substituents is 1.